The van der Waals surface area contributed by atoms with Crippen LogP contribution in [-0.2, 0) is 10.0 Å². The van der Waals surface area contributed by atoms with Crippen molar-refractivity contribution in [2.75, 3.05) is 0 Å². The third-order valence-corrected chi connectivity index (χ3v) is 4.82. The van der Waals surface area contributed by atoms with E-state index >= 15 is 0 Å². The van der Waals surface area contributed by atoms with Crippen LogP contribution in [-0.4, -0.2) is 22.1 Å². The average molecular weight is 224 g/mol. The second-order valence-corrected chi connectivity index (χ2v) is 6.01. The summed E-state index contributed by atoms with van der Waals surface area (Å²) < 4.78 is 24.7. The molecular weight excluding hydrogens is 212 g/mol. The molecule has 0 amide bonds. The molecule has 0 saturated carbocycles. The lowest BCUT2D eigenvalue weighted by molar-refractivity contribution is 0.553. The first kappa shape index (κ1) is 10.2. The Hall–Kier alpha value is -1.36. The van der Waals surface area contributed by atoms with Crippen LogP contribution in [0.2, 0.25) is 0 Å². The van der Waals surface area contributed by atoms with Gasteiger partial charge in [0, 0.05) is 12.4 Å². The molecule has 1 aliphatic rings. The van der Waals surface area contributed by atoms with E-state index in [0.717, 1.165) is 3.97 Å². The normalized spacial score (nSPS) is 25.7. The zero-order chi connectivity index (χ0) is 10.9. The summed E-state index contributed by atoms with van der Waals surface area (Å²) in [7, 11) is -3.40. The fourth-order valence-corrected chi connectivity index (χ4v) is 2.96. The SMILES string of the molecule is CC1(S(=O)(=O)n2ccnc2)C=CC=CC1. The highest BCUT2D eigenvalue weighted by atomic mass is 32.2. The molecule has 0 aromatic carbocycles. The standard InChI is InChI=1S/C10H12N2O2S/c1-10(5-3-2-4-6-10)15(13,14)12-8-7-11-9-12/h2-5,7-9H,6H2,1H3. The monoisotopic (exact) mass is 224 g/mol. The van der Waals surface area contributed by atoms with E-state index in [1.165, 1.54) is 18.7 Å². The highest BCUT2D eigenvalue weighted by Crippen LogP contribution is 2.28. The number of aromatic nitrogens is 2. The Bertz CT molecular complexity index is 500. The van der Waals surface area contributed by atoms with Crippen molar-refractivity contribution >= 4 is 10.0 Å². The largest absolute Gasteiger partial charge is 0.249 e. The van der Waals surface area contributed by atoms with Crippen LogP contribution in [0.3, 0.4) is 0 Å². The second-order valence-electron chi connectivity index (χ2n) is 3.70. The lowest BCUT2D eigenvalue weighted by Crippen LogP contribution is -2.37. The van der Waals surface area contributed by atoms with Gasteiger partial charge in [0.2, 0.25) is 10.0 Å². The van der Waals surface area contributed by atoms with Gasteiger partial charge >= 0.3 is 0 Å². The van der Waals surface area contributed by atoms with Crippen molar-refractivity contribution in [1.82, 2.24) is 8.96 Å². The third kappa shape index (κ3) is 1.52. The van der Waals surface area contributed by atoms with Crippen molar-refractivity contribution < 1.29 is 8.42 Å². The molecule has 1 aromatic heterocycles. The summed E-state index contributed by atoms with van der Waals surface area (Å²) >= 11 is 0. The molecule has 0 aliphatic heterocycles. The van der Waals surface area contributed by atoms with Gasteiger partial charge in [-0.1, -0.05) is 24.3 Å². The summed E-state index contributed by atoms with van der Waals surface area (Å²) in [5, 5.41) is 0. The van der Waals surface area contributed by atoms with Gasteiger partial charge in [-0.3, -0.25) is 0 Å². The van der Waals surface area contributed by atoms with Gasteiger partial charge in [0.1, 0.15) is 11.1 Å². The lowest BCUT2D eigenvalue weighted by atomic mass is 10.0. The summed E-state index contributed by atoms with van der Waals surface area (Å²) in [6.07, 6.45) is 11.9. The van der Waals surface area contributed by atoms with E-state index in [1.54, 1.807) is 19.1 Å². The second kappa shape index (κ2) is 3.34. The maximum Gasteiger partial charge on any atom is 0.249 e. The van der Waals surface area contributed by atoms with E-state index in [1.807, 2.05) is 12.2 Å². The van der Waals surface area contributed by atoms with Crippen molar-refractivity contribution in [2.45, 2.75) is 18.1 Å². The van der Waals surface area contributed by atoms with Crippen LogP contribution in [0.1, 0.15) is 13.3 Å². The molecule has 0 N–H and O–H groups in total. The summed E-state index contributed by atoms with van der Waals surface area (Å²) in [5.41, 5.74) is 0. The van der Waals surface area contributed by atoms with Crippen LogP contribution in [0.4, 0.5) is 0 Å². The van der Waals surface area contributed by atoms with E-state index in [0.29, 0.717) is 6.42 Å². The molecule has 1 atom stereocenters. The van der Waals surface area contributed by atoms with Gasteiger partial charge in [0.05, 0.1) is 0 Å². The van der Waals surface area contributed by atoms with Gasteiger partial charge in [-0.05, 0) is 13.3 Å². The van der Waals surface area contributed by atoms with E-state index in [9.17, 15) is 8.42 Å². The summed E-state index contributed by atoms with van der Waals surface area (Å²) in [5.74, 6) is 0. The van der Waals surface area contributed by atoms with Crippen LogP contribution in [0.25, 0.3) is 0 Å². The molecule has 0 saturated heterocycles. The predicted octanol–water partition coefficient (Wildman–Crippen LogP) is 1.34. The first-order valence-electron chi connectivity index (χ1n) is 4.64. The Balaban J connectivity index is 2.47. The third-order valence-electron chi connectivity index (χ3n) is 2.57. The van der Waals surface area contributed by atoms with Gasteiger partial charge in [0.25, 0.3) is 0 Å². The van der Waals surface area contributed by atoms with Gasteiger partial charge in [-0.2, -0.15) is 0 Å². The van der Waals surface area contributed by atoms with Crippen LogP contribution < -0.4 is 0 Å². The molecule has 5 heteroatoms. The lowest BCUT2D eigenvalue weighted by Gasteiger charge is -2.26. The minimum Gasteiger partial charge on any atom is -0.244 e. The molecule has 0 bridgehead atoms. The van der Waals surface area contributed by atoms with Gasteiger partial charge in [-0.25, -0.2) is 17.4 Å². The summed E-state index contributed by atoms with van der Waals surface area (Å²) in [6.45, 7) is 1.71. The Morgan fingerprint density at radius 1 is 1.40 bits per heavy atom. The average Bonchev–Trinajstić information content (AvgIpc) is 2.72. The summed E-state index contributed by atoms with van der Waals surface area (Å²) in [4.78, 5) is 3.76. The molecule has 0 spiro atoms. The first-order valence-corrected chi connectivity index (χ1v) is 6.08. The zero-order valence-corrected chi connectivity index (χ0v) is 9.18. The molecule has 0 fully saturated rings. The number of hydrogen-bond donors (Lipinski definition) is 0. The molecule has 2 rings (SSSR count). The topological polar surface area (TPSA) is 52.0 Å². The highest BCUT2D eigenvalue weighted by Gasteiger charge is 2.37. The Kier molecular flexibility index (Phi) is 2.26. The minimum atomic E-state index is -3.40. The molecule has 15 heavy (non-hydrogen) atoms. The maximum atomic E-state index is 12.2. The van der Waals surface area contributed by atoms with Crippen molar-refractivity contribution in [3.63, 3.8) is 0 Å². The van der Waals surface area contributed by atoms with Crippen molar-refractivity contribution in [1.29, 1.82) is 0 Å². The van der Waals surface area contributed by atoms with Crippen LogP contribution in [0.5, 0.6) is 0 Å². The Morgan fingerprint density at radius 2 is 2.20 bits per heavy atom. The first-order chi connectivity index (χ1) is 7.06. The van der Waals surface area contributed by atoms with Crippen molar-refractivity contribution in [3.8, 4) is 0 Å². The smallest absolute Gasteiger partial charge is 0.244 e. The number of imidazole rings is 1. The van der Waals surface area contributed by atoms with Crippen molar-refractivity contribution in [2.24, 2.45) is 0 Å². The van der Waals surface area contributed by atoms with Crippen molar-refractivity contribution in [3.05, 3.63) is 43.0 Å². The molecule has 1 aromatic rings. The fourth-order valence-electron chi connectivity index (χ4n) is 1.53. The number of nitrogens with zero attached hydrogens (tertiary/aromatic N) is 2. The molecule has 0 radical (unpaired) electrons. The zero-order valence-electron chi connectivity index (χ0n) is 8.37. The van der Waals surface area contributed by atoms with E-state index in [-0.39, 0.29) is 0 Å². The number of hydrogen-bond acceptors (Lipinski definition) is 3. The molecule has 1 unspecified atom stereocenters. The maximum absolute atomic E-state index is 12.2. The van der Waals surface area contributed by atoms with Gasteiger partial charge in [-0.15, -0.1) is 0 Å². The van der Waals surface area contributed by atoms with Crippen LogP contribution in [0.15, 0.2) is 43.0 Å². The van der Waals surface area contributed by atoms with E-state index < -0.39 is 14.8 Å². The Labute approximate surface area is 89.0 Å². The molecule has 1 aliphatic carbocycles. The Morgan fingerprint density at radius 3 is 2.73 bits per heavy atom. The fraction of sp³-hybridized carbons (Fsp3) is 0.300. The minimum absolute atomic E-state index is 0.490. The highest BCUT2D eigenvalue weighted by molar-refractivity contribution is 7.91. The van der Waals surface area contributed by atoms with Gasteiger partial charge < -0.3 is 0 Å². The number of rotatable bonds is 2. The van der Waals surface area contributed by atoms with Crippen LogP contribution in [0, 0.1) is 0 Å². The molecular formula is C10H12N2O2S. The molecule has 1 heterocycles. The van der Waals surface area contributed by atoms with E-state index in [2.05, 4.69) is 4.98 Å². The number of allylic oxidation sites excluding steroid dienone is 3. The molecule has 80 valence electrons. The predicted molar refractivity (Wildman–Crippen MR) is 57.8 cm³/mol. The quantitative estimate of drug-likeness (QED) is 0.761. The summed E-state index contributed by atoms with van der Waals surface area (Å²) in [6, 6.07) is 0. The molecule has 4 nitrogen and oxygen atoms in total. The van der Waals surface area contributed by atoms with Gasteiger partial charge in [0.15, 0.2) is 0 Å². The van der Waals surface area contributed by atoms with E-state index in [4.69, 9.17) is 0 Å². The van der Waals surface area contributed by atoms with Crippen LogP contribution >= 0.6 is 0 Å².